The SMILES string of the molecule is CC(C)(C)OC(=O)N1CCC[C@@H]1[C@H]1CCCCC1=O. The molecule has 0 aromatic heterocycles. The molecule has 1 aliphatic carbocycles. The van der Waals surface area contributed by atoms with E-state index >= 15 is 0 Å². The average molecular weight is 267 g/mol. The van der Waals surface area contributed by atoms with E-state index in [4.69, 9.17) is 4.74 Å². The molecule has 0 N–H and O–H groups in total. The third kappa shape index (κ3) is 3.48. The lowest BCUT2D eigenvalue weighted by molar-refractivity contribution is -0.126. The fourth-order valence-corrected chi connectivity index (χ4v) is 3.17. The van der Waals surface area contributed by atoms with Crippen LogP contribution in [-0.4, -0.2) is 35.0 Å². The molecule has 1 amide bonds. The normalized spacial score (nSPS) is 28.6. The molecular formula is C15H25NO3. The molecule has 4 heteroatoms. The summed E-state index contributed by atoms with van der Waals surface area (Å²) in [6, 6.07) is 0.0719. The molecule has 0 radical (unpaired) electrons. The minimum absolute atomic E-state index is 0.0452. The van der Waals surface area contributed by atoms with Crippen LogP contribution in [0.1, 0.15) is 59.3 Å². The second kappa shape index (κ2) is 5.51. The van der Waals surface area contributed by atoms with Crippen molar-refractivity contribution in [1.29, 1.82) is 0 Å². The molecule has 19 heavy (non-hydrogen) atoms. The summed E-state index contributed by atoms with van der Waals surface area (Å²) in [7, 11) is 0. The number of carbonyl (C=O) groups excluding carboxylic acids is 2. The van der Waals surface area contributed by atoms with Crippen LogP contribution in [0.4, 0.5) is 4.79 Å². The van der Waals surface area contributed by atoms with Crippen LogP contribution in [0.2, 0.25) is 0 Å². The summed E-state index contributed by atoms with van der Waals surface area (Å²) in [5.41, 5.74) is -0.471. The number of hydrogen-bond donors (Lipinski definition) is 0. The van der Waals surface area contributed by atoms with E-state index in [0.29, 0.717) is 12.2 Å². The average Bonchev–Trinajstić information content (AvgIpc) is 2.76. The zero-order valence-electron chi connectivity index (χ0n) is 12.3. The summed E-state index contributed by atoms with van der Waals surface area (Å²) in [5, 5.41) is 0. The summed E-state index contributed by atoms with van der Waals surface area (Å²) >= 11 is 0. The minimum Gasteiger partial charge on any atom is -0.444 e. The maximum Gasteiger partial charge on any atom is 0.410 e. The Hall–Kier alpha value is -1.06. The van der Waals surface area contributed by atoms with E-state index < -0.39 is 5.60 Å². The van der Waals surface area contributed by atoms with Gasteiger partial charge in [-0.1, -0.05) is 6.42 Å². The van der Waals surface area contributed by atoms with Gasteiger partial charge in [-0.15, -0.1) is 0 Å². The molecule has 1 saturated heterocycles. The Morgan fingerprint density at radius 3 is 2.58 bits per heavy atom. The molecule has 1 aliphatic heterocycles. The Morgan fingerprint density at radius 2 is 1.95 bits per heavy atom. The van der Waals surface area contributed by atoms with Crippen LogP contribution < -0.4 is 0 Å². The lowest BCUT2D eigenvalue weighted by Gasteiger charge is -2.34. The third-order valence-corrected chi connectivity index (χ3v) is 3.99. The van der Waals surface area contributed by atoms with Crippen molar-refractivity contribution in [2.75, 3.05) is 6.54 Å². The Kier molecular flexibility index (Phi) is 4.16. The van der Waals surface area contributed by atoms with Gasteiger partial charge in [0.05, 0.1) is 0 Å². The molecule has 0 aromatic carbocycles. The highest BCUT2D eigenvalue weighted by Crippen LogP contribution is 2.33. The van der Waals surface area contributed by atoms with Crippen molar-refractivity contribution < 1.29 is 14.3 Å². The topological polar surface area (TPSA) is 46.6 Å². The van der Waals surface area contributed by atoms with Crippen molar-refractivity contribution in [2.24, 2.45) is 5.92 Å². The molecule has 2 aliphatic rings. The van der Waals surface area contributed by atoms with Gasteiger partial charge in [-0.25, -0.2) is 4.79 Å². The molecule has 1 saturated carbocycles. The number of likely N-dealkylation sites (tertiary alicyclic amines) is 1. The summed E-state index contributed by atoms with van der Waals surface area (Å²) < 4.78 is 5.45. The van der Waals surface area contributed by atoms with Gasteiger partial charge in [0.1, 0.15) is 11.4 Å². The van der Waals surface area contributed by atoms with E-state index in [1.807, 2.05) is 20.8 Å². The Morgan fingerprint density at radius 1 is 1.21 bits per heavy atom. The zero-order chi connectivity index (χ0) is 14.0. The van der Waals surface area contributed by atoms with Crippen molar-refractivity contribution in [3.8, 4) is 0 Å². The van der Waals surface area contributed by atoms with Crippen LogP contribution in [0.5, 0.6) is 0 Å². The number of amides is 1. The quantitative estimate of drug-likeness (QED) is 0.733. The monoisotopic (exact) mass is 267 g/mol. The highest BCUT2D eigenvalue weighted by molar-refractivity contribution is 5.83. The molecule has 0 bridgehead atoms. The van der Waals surface area contributed by atoms with Crippen LogP contribution in [0, 0.1) is 5.92 Å². The smallest absolute Gasteiger partial charge is 0.410 e. The Labute approximate surface area is 115 Å². The molecule has 2 rings (SSSR count). The first kappa shape index (κ1) is 14.4. The zero-order valence-corrected chi connectivity index (χ0v) is 12.3. The van der Waals surface area contributed by atoms with Crippen molar-refractivity contribution >= 4 is 11.9 Å². The first-order valence-electron chi connectivity index (χ1n) is 7.41. The predicted molar refractivity (Wildman–Crippen MR) is 72.9 cm³/mol. The van der Waals surface area contributed by atoms with Crippen molar-refractivity contribution in [3.05, 3.63) is 0 Å². The van der Waals surface area contributed by atoms with Gasteiger partial charge < -0.3 is 9.64 Å². The number of rotatable bonds is 1. The highest BCUT2D eigenvalue weighted by atomic mass is 16.6. The molecule has 0 unspecified atom stereocenters. The van der Waals surface area contributed by atoms with E-state index in [1.54, 1.807) is 4.90 Å². The minimum atomic E-state index is -0.471. The fraction of sp³-hybridized carbons (Fsp3) is 0.867. The van der Waals surface area contributed by atoms with E-state index in [-0.39, 0.29) is 18.1 Å². The van der Waals surface area contributed by atoms with Gasteiger partial charge in [0.25, 0.3) is 0 Å². The van der Waals surface area contributed by atoms with Crippen LogP contribution in [0.25, 0.3) is 0 Å². The highest BCUT2D eigenvalue weighted by Gasteiger charge is 2.40. The Bertz CT molecular complexity index is 359. The number of ether oxygens (including phenoxy) is 1. The van der Waals surface area contributed by atoms with Crippen LogP contribution >= 0.6 is 0 Å². The van der Waals surface area contributed by atoms with Gasteiger partial charge in [-0.3, -0.25) is 4.79 Å². The van der Waals surface area contributed by atoms with Gasteiger partial charge in [0.2, 0.25) is 0 Å². The number of ketones is 1. The van der Waals surface area contributed by atoms with Crippen LogP contribution in [0.3, 0.4) is 0 Å². The molecule has 2 atom stereocenters. The van der Waals surface area contributed by atoms with Gasteiger partial charge >= 0.3 is 6.09 Å². The fourth-order valence-electron chi connectivity index (χ4n) is 3.17. The summed E-state index contributed by atoms with van der Waals surface area (Å²) in [6.07, 6.45) is 5.40. The molecule has 108 valence electrons. The van der Waals surface area contributed by atoms with Gasteiger partial charge in [0.15, 0.2) is 0 Å². The summed E-state index contributed by atoms with van der Waals surface area (Å²) in [4.78, 5) is 26.1. The first-order chi connectivity index (χ1) is 8.88. The van der Waals surface area contributed by atoms with Gasteiger partial charge in [0, 0.05) is 24.9 Å². The van der Waals surface area contributed by atoms with E-state index in [0.717, 1.165) is 38.6 Å². The number of carbonyl (C=O) groups is 2. The standard InChI is InChI=1S/C15H25NO3/c1-15(2,3)19-14(18)16-10-6-8-12(16)11-7-4-5-9-13(11)17/h11-12H,4-10H2,1-3H3/t11-,12-/m1/s1. The second-order valence-electron chi connectivity index (χ2n) is 6.70. The summed E-state index contributed by atoms with van der Waals surface area (Å²) in [6.45, 7) is 6.36. The molecule has 0 aromatic rings. The number of nitrogens with zero attached hydrogens (tertiary/aromatic N) is 1. The summed E-state index contributed by atoms with van der Waals surface area (Å²) in [5.74, 6) is 0.385. The largest absolute Gasteiger partial charge is 0.444 e. The maximum absolute atomic E-state index is 12.2. The van der Waals surface area contributed by atoms with Gasteiger partial charge in [-0.05, 0) is 46.5 Å². The predicted octanol–water partition coefficient (Wildman–Crippen LogP) is 3.15. The molecular weight excluding hydrogens is 242 g/mol. The van der Waals surface area contributed by atoms with Crippen molar-refractivity contribution in [3.63, 3.8) is 0 Å². The van der Waals surface area contributed by atoms with Crippen LogP contribution in [-0.2, 0) is 9.53 Å². The first-order valence-corrected chi connectivity index (χ1v) is 7.41. The van der Waals surface area contributed by atoms with E-state index in [9.17, 15) is 9.59 Å². The molecule has 4 nitrogen and oxygen atoms in total. The molecule has 0 spiro atoms. The van der Waals surface area contributed by atoms with Gasteiger partial charge in [-0.2, -0.15) is 0 Å². The number of Topliss-reactive ketones (excluding diaryl/α,β-unsaturated/α-hetero) is 1. The molecule has 1 heterocycles. The lowest BCUT2D eigenvalue weighted by atomic mass is 9.82. The van der Waals surface area contributed by atoms with E-state index in [1.165, 1.54) is 0 Å². The molecule has 2 fully saturated rings. The van der Waals surface area contributed by atoms with Crippen molar-refractivity contribution in [2.45, 2.75) is 70.9 Å². The van der Waals surface area contributed by atoms with Crippen molar-refractivity contribution in [1.82, 2.24) is 4.90 Å². The lowest BCUT2D eigenvalue weighted by Crippen LogP contribution is -2.45. The third-order valence-electron chi connectivity index (χ3n) is 3.99. The Balaban J connectivity index is 2.04. The maximum atomic E-state index is 12.2. The second-order valence-corrected chi connectivity index (χ2v) is 6.70. The van der Waals surface area contributed by atoms with Crippen LogP contribution in [0.15, 0.2) is 0 Å². The number of hydrogen-bond acceptors (Lipinski definition) is 3. The van der Waals surface area contributed by atoms with E-state index in [2.05, 4.69) is 0 Å².